The van der Waals surface area contributed by atoms with Crippen LogP contribution >= 0.6 is 0 Å². The second kappa shape index (κ2) is 16.8. The molecule has 2 unspecified atom stereocenters. The SMILES string of the molecule is CCCCCCC(C)(CCCC)C1=C(C(C)(CCCC)CCCCCC)N(C(=O)CN(C)C)CC1. The predicted molar refractivity (Wildman–Crippen MR) is 155 cm³/mol. The molecule has 0 N–H and O–H groups in total. The van der Waals surface area contributed by atoms with Gasteiger partial charge in [0.15, 0.2) is 0 Å². The summed E-state index contributed by atoms with van der Waals surface area (Å²) in [6.45, 7) is 15.7. The molecule has 0 aromatic carbocycles. The van der Waals surface area contributed by atoms with E-state index < -0.39 is 0 Å². The van der Waals surface area contributed by atoms with E-state index in [2.05, 4.69) is 46.4 Å². The fraction of sp³-hybridized carbons (Fsp3) is 0.906. The van der Waals surface area contributed by atoms with Crippen molar-refractivity contribution in [1.82, 2.24) is 9.80 Å². The molecule has 0 spiro atoms. The maximum atomic E-state index is 13.6. The maximum Gasteiger partial charge on any atom is 0.240 e. The van der Waals surface area contributed by atoms with E-state index in [1.54, 1.807) is 5.57 Å². The first-order chi connectivity index (χ1) is 16.7. The van der Waals surface area contributed by atoms with Crippen LogP contribution in [0.15, 0.2) is 11.3 Å². The summed E-state index contributed by atoms with van der Waals surface area (Å²) >= 11 is 0. The summed E-state index contributed by atoms with van der Waals surface area (Å²) in [5.41, 5.74) is 3.45. The van der Waals surface area contributed by atoms with Gasteiger partial charge in [0.1, 0.15) is 0 Å². The summed E-state index contributed by atoms with van der Waals surface area (Å²) in [7, 11) is 4.05. The van der Waals surface area contributed by atoms with E-state index in [0.29, 0.717) is 12.5 Å². The number of amides is 1. The number of unbranched alkanes of at least 4 members (excludes halogenated alkanes) is 8. The Hall–Kier alpha value is -0.830. The van der Waals surface area contributed by atoms with Crippen LogP contribution in [0.1, 0.15) is 151 Å². The fourth-order valence-electron chi connectivity index (χ4n) is 6.31. The molecule has 0 saturated carbocycles. The van der Waals surface area contributed by atoms with Crippen LogP contribution in [0.4, 0.5) is 0 Å². The van der Waals surface area contributed by atoms with Crippen molar-refractivity contribution in [2.45, 2.75) is 151 Å². The Morgan fingerprint density at radius 2 is 1.17 bits per heavy atom. The minimum absolute atomic E-state index is 0.106. The molecule has 1 aliphatic heterocycles. The predicted octanol–water partition coefficient (Wildman–Crippen LogP) is 9.37. The normalized spacial score (nSPS) is 17.8. The van der Waals surface area contributed by atoms with Crippen molar-refractivity contribution >= 4 is 5.91 Å². The van der Waals surface area contributed by atoms with Crippen LogP contribution < -0.4 is 0 Å². The standard InChI is InChI=1S/C32H62N2O/c1-9-13-17-19-24-31(5,22-15-11-3)28-21-26-34(29(35)27-33(7)8)30(28)32(6,23-16-12-4)25-20-18-14-10-2/h9-27H2,1-8H3. The van der Waals surface area contributed by atoms with E-state index >= 15 is 0 Å². The number of nitrogens with zero attached hydrogens (tertiary/aromatic N) is 2. The highest BCUT2D eigenvalue weighted by molar-refractivity contribution is 5.81. The average molecular weight is 491 g/mol. The molecule has 206 valence electrons. The van der Waals surface area contributed by atoms with Gasteiger partial charge in [-0.3, -0.25) is 4.79 Å². The summed E-state index contributed by atoms with van der Waals surface area (Å²) in [6, 6.07) is 0. The molecule has 35 heavy (non-hydrogen) atoms. The molecular formula is C32H62N2O. The van der Waals surface area contributed by atoms with E-state index in [4.69, 9.17) is 0 Å². The van der Waals surface area contributed by atoms with Gasteiger partial charge in [-0.15, -0.1) is 0 Å². The number of hydrogen-bond donors (Lipinski definition) is 0. The third-order valence-corrected chi connectivity index (χ3v) is 8.52. The fourth-order valence-corrected chi connectivity index (χ4v) is 6.31. The van der Waals surface area contributed by atoms with Gasteiger partial charge < -0.3 is 9.80 Å². The second-order valence-corrected chi connectivity index (χ2v) is 12.3. The van der Waals surface area contributed by atoms with Crippen LogP contribution in [-0.4, -0.2) is 42.9 Å². The lowest BCUT2D eigenvalue weighted by Gasteiger charge is -2.41. The Balaban J connectivity index is 3.51. The molecule has 3 nitrogen and oxygen atoms in total. The molecule has 2 atom stereocenters. The zero-order valence-corrected chi connectivity index (χ0v) is 25.2. The molecule has 1 heterocycles. The largest absolute Gasteiger partial charge is 0.314 e. The van der Waals surface area contributed by atoms with Gasteiger partial charge in [0.05, 0.1) is 6.54 Å². The van der Waals surface area contributed by atoms with Gasteiger partial charge in [-0.25, -0.2) is 0 Å². The molecule has 0 saturated heterocycles. The van der Waals surface area contributed by atoms with Gasteiger partial charge in [-0.2, -0.15) is 0 Å². The van der Waals surface area contributed by atoms with Crippen molar-refractivity contribution in [3.8, 4) is 0 Å². The van der Waals surface area contributed by atoms with Gasteiger partial charge in [0, 0.05) is 17.7 Å². The van der Waals surface area contributed by atoms with Crippen LogP contribution in [0.2, 0.25) is 0 Å². The van der Waals surface area contributed by atoms with Gasteiger partial charge in [0.2, 0.25) is 5.91 Å². The highest BCUT2D eigenvalue weighted by Gasteiger charge is 2.44. The highest BCUT2D eigenvalue weighted by atomic mass is 16.2. The van der Waals surface area contributed by atoms with E-state index in [9.17, 15) is 4.79 Å². The summed E-state index contributed by atoms with van der Waals surface area (Å²) in [5.74, 6) is 0.306. The Kier molecular flexibility index (Phi) is 15.5. The Morgan fingerprint density at radius 1 is 0.714 bits per heavy atom. The quantitative estimate of drug-likeness (QED) is 0.159. The van der Waals surface area contributed by atoms with Crippen molar-refractivity contribution in [3.63, 3.8) is 0 Å². The topological polar surface area (TPSA) is 23.6 Å². The lowest BCUT2D eigenvalue weighted by molar-refractivity contribution is -0.130. The summed E-state index contributed by atoms with van der Waals surface area (Å²) in [6.07, 6.45) is 21.6. The number of allylic oxidation sites excluding steroid dienone is 1. The lowest BCUT2D eigenvalue weighted by Crippen LogP contribution is -2.41. The van der Waals surface area contributed by atoms with Gasteiger partial charge in [0.25, 0.3) is 0 Å². The van der Waals surface area contributed by atoms with Crippen LogP contribution in [0.5, 0.6) is 0 Å². The van der Waals surface area contributed by atoms with Crippen LogP contribution in [-0.2, 0) is 4.79 Å². The van der Waals surface area contributed by atoms with Gasteiger partial charge in [-0.05, 0) is 57.2 Å². The molecule has 0 aromatic rings. The Morgan fingerprint density at radius 3 is 1.66 bits per heavy atom. The average Bonchev–Trinajstić information content (AvgIpc) is 3.29. The van der Waals surface area contributed by atoms with Crippen LogP contribution in [0.3, 0.4) is 0 Å². The third-order valence-electron chi connectivity index (χ3n) is 8.52. The van der Waals surface area contributed by atoms with E-state index in [1.165, 1.54) is 108 Å². The number of hydrogen-bond acceptors (Lipinski definition) is 2. The summed E-state index contributed by atoms with van der Waals surface area (Å²) in [5, 5.41) is 0. The molecule has 1 amide bonds. The first-order valence-corrected chi connectivity index (χ1v) is 15.4. The number of carbonyl (C=O) groups excluding carboxylic acids is 1. The molecule has 1 rings (SSSR count). The monoisotopic (exact) mass is 490 g/mol. The molecule has 0 fully saturated rings. The van der Waals surface area contributed by atoms with Gasteiger partial charge >= 0.3 is 0 Å². The van der Waals surface area contributed by atoms with Crippen molar-refractivity contribution in [1.29, 1.82) is 0 Å². The van der Waals surface area contributed by atoms with Gasteiger partial charge in [-0.1, -0.05) is 119 Å². The zero-order chi connectivity index (χ0) is 26.3. The first-order valence-electron chi connectivity index (χ1n) is 15.4. The van der Waals surface area contributed by atoms with Crippen LogP contribution in [0.25, 0.3) is 0 Å². The summed E-state index contributed by atoms with van der Waals surface area (Å²) < 4.78 is 0. The molecule has 1 aliphatic rings. The molecule has 3 heteroatoms. The minimum Gasteiger partial charge on any atom is -0.314 e. The minimum atomic E-state index is 0.106. The molecule has 0 aliphatic carbocycles. The molecular weight excluding hydrogens is 428 g/mol. The zero-order valence-electron chi connectivity index (χ0n) is 25.2. The highest BCUT2D eigenvalue weighted by Crippen LogP contribution is 2.52. The number of likely N-dealkylation sites (N-methyl/N-ethyl adjacent to an activating group) is 1. The smallest absolute Gasteiger partial charge is 0.240 e. The van der Waals surface area contributed by atoms with Crippen molar-refractivity contribution < 1.29 is 4.79 Å². The molecule has 0 radical (unpaired) electrons. The molecule has 0 aromatic heterocycles. The molecule has 0 bridgehead atoms. The number of carbonyl (C=O) groups is 1. The first kappa shape index (κ1) is 32.2. The maximum absolute atomic E-state index is 13.6. The van der Waals surface area contributed by atoms with E-state index in [-0.39, 0.29) is 10.8 Å². The Labute approximate surface area is 220 Å². The Bertz CT molecular complexity index is 625. The van der Waals surface area contributed by atoms with Crippen molar-refractivity contribution in [2.24, 2.45) is 10.8 Å². The van der Waals surface area contributed by atoms with E-state index in [1.807, 2.05) is 19.0 Å². The second-order valence-electron chi connectivity index (χ2n) is 12.3. The van der Waals surface area contributed by atoms with Crippen molar-refractivity contribution in [3.05, 3.63) is 11.3 Å². The summed E-state index contributed by atoms with van der Waals surface area (Å²) in [4.78, 5) is 17.9. The lowest BCUT2D eigenvalue weighted by atomic mass is 9.67. The number of rotatable bonds is 20. The van der Waals surface area contributed by atoms with Crippen LogP contribution in [0, 0.1) is 10.8 Å². The van der Waals surface area contributed by atoms with E-state index in [0.717, 1.165) is 13.0 Å². The van der Waals surface area contributed by atoms with Crippen molar-refractivity contribution in [2.75, 3.05) is 27.2 Å². The third kappa shape index (κ3) is 10.2.